The molecule has 9 heteroatoms. The van der Waals surface area contributed by atoms with Crippen molar-refractivity contribution in [2.45, 2.75) is 13.5 Å². The Bertz CT molecular complexity index is 955. The molecule has 158 valence electrons. The molecule has 0 heterocycles. The number of hydrogen-bond donors (Lipinski definition) is 0. The van der Waals surface area contributed by atoms with Crippen LogP contribution >= 0.6 is 11.6 Å². The van der Waals surface area contributed by atoms with E-state index >= 15 is 0 Å². The average Bonchev–Trinajstić information content (AvgIpc) is 2.76. The standard InChI is InChI=1S/C21H22ClN3O5/c1-14(19(24-28-3)15-9-11-17(22)12-10-15)23-30-13-16-7-5-6-8-18(16)20(25-29-4)21(26)27-2/h5-12H,13H2,1-4H3/b23-14+,24-19+,25-20-. The van der Waals surface area contributed by atoms with Crippen molar-refractivity contribution in [3.8, 4) is 0 Å². The first kappa shape index (κ1) is 22.9. The molecule has 30 heavy (non-hydrogen) atoms. The second-order valence-electron chi connectivity index (χ2n) is 5.85. The van der Waals surface area contributed by atoms with Gasteiger partial charge in [-0.1, -0.05) is 63.5 Å². The molecule has 0 saturated heterocycles. The first-order chi connectivity index (χ1) is 14.5. The van der Waals surface area contributed by atoms with Gasteiger partial charge in [0, 0.05) is 21.7 Å². The highest BCUT2D eigenvalue weighted by molar-refractivity contribution is 6.47. The van der Waals surface area contributed by atoms with E-state index in [0.29, 0.717) is 27.6 Å². The molecule has 2 aromatic rings. The van der Waals surface area contributed by atoms with Crippen LogP contribution < -0.4 is 0 Å². The van der Waals surface area contributed by atoms with Gasteiger partial charge in [-0.3, -0.25) is 0 Å². The number of halogens is 1. The van der Waals surface area contributed by atoms with Gasteiger partial charge in [0.2, 0.25) is 0 Å². The van der Waals surface area contributed by atoms with Crippen LogP contribution in [-0.4, -0.2) is 44.4 Å². The number of nitrogens with zero attached hydrogens (tertiary/aromatic N) is 3. The maximum absolute atomic E-state index is 12.0. The van der Waals surface area contributed by atoms with Gasteiger partial charge >= 0.3 is 5.97 Å². The number of carbonyl (C=O) groups is 1. The van der Waals surface area contributed by atoms with E-state index < -0.39 is 5.97 Å². The molecular weight excluding hydrogens is 410 g/mol. The van der Waals surface area contributed by atoms with Crippen molar-refractivity contribution < 1.29 is 24.0 Å². The van der Waals surface area contributed by atoms with E-state index in [2.05, 4.69) is 15.5 Å². The minimum atomic E-state index is -0.624. The van der Waals surface area contributed by atoms with Gasteiger partial charge < -0.3 is 19.2 Å². The molecule has 8 nitrogen and oxygen atoms in total. The van der Waals surface area contributed by atoms with Crippen molar-refractivity contribution in [1.82, 2.24) is 0 Å². The molecular formula is C21H22ClN3O5. The number of oxime groups is 3. The normalized spacial score (nSPS) is 12.4. The molecule has 0 spiro atoms. The minimum absolute atomic E-state index is 0.0303. The summed E-state index contributed by atoms with van der Waals surface area (Å²) in [6.45, 7) is 1.82. The van der Waals surface area contributed by atoms with E-state index in [1.54, 1.807) is 49.4 Å². The van der Waals surface area contributed by atoms with Crippen LogP contribution in [0.1, 0.15) is 23.6 Å². The summed E-state index contributed by atoms with van der Waals surface area (Å²) in [7, 11) is 4.07. The molecule has 0 fully saturated rings. The lowest BCUT2D eigenvalue weighted by molar-refractivity contribution is -0.132. The van der Waals surface area contributed by atoms with Gasteiger partial charge in [0.15, 0.2) is 5.71 Å². The number of benzene rings is 2. The van der Waals surface area contributed by atoms with Gasteiger partial charge in [-0.25, -0.2) is 4.79 Å². The van der Waals surface area contributed by atoms with Gasteiger partial charge in [0.05, 0.1) is 7.11 Å². The summed E-state index contributed by atoms with van der Waals surface area (Å²) in [5.41, 5.74) is 2.98. The fraction of sp³-hybridized carbons (Fsp3) is 0.238. The molecule has 0 aliphatic carbocycles. The monoisotopic (exact) mass is 431 g/mol. The van der Waals surface area contributed by atoms with Gasteiger partial charge in [0.1, 0.15) is 32.2 Å². The predicted octanol–water partition coefficient (Wildman–Crippen LogP) is 3.81. The Labute approximate surface area is 179 Å². The lowest BCUT2D eigenvalue weighted by Crippen LogP contribution is -2.19. The van der Waals surface area contributed by atoms with Gasteiger partial charge in [0.25, 0.3) is 0 Å². The maximum Gasteiger partial charge on any atom is 0.360 e. The molecule has 2 aromatic carbocycles. The lowest BCUT2D eigenvalue weighted by Gasteiger charge is -2.10. The van der Waals surface area contributed by atoms with E-state index in [9.17, 15) is 4.79 Å². The fourth-order valence-electron chi connectivity index (χ4n) is 2.53. The van der Waals surface area contributed by atoms with E-state index in [4.69, 9.17) is 30.9 Å². The molecule has 0 amide bonds. The summed E-state index contributed by atoms with van der Waals surface area (Å²) >= 11 is 5.94. The van der Waals surface area contributed by atoms with Crippen LogP contribution in [0.3, 0.4) is 0 Å². The SMILES string of the molecule is CO/N=C(\C(C)=N\OCc1ccccc1/C(=N/OC)C(=O)OC)c1ccc(Cl)cc1. The topological polar surface area (TPSA) is 91.1 Å². The van der Waals surface area contributed by atoms with Crippen molar-refractivity contribution in [3.63, 3.8) is 0 Å². The number of hydrogen-bond acceptors (Lipinski definition) is 8. The third-order valence-electron chi connectivity index (χ3n) is 3.90. The summed E-state index contributed by atoms with van der Waals surface area (Å²) in [4.78, 5) is 27.3. The van der Waals surface area contributed by atoms with Crippen LogP contribution in [0.5, 0.6) is 0 Å². The molecule has 0 radical (unpaired) electrons. The summed E-state index contributed by atoms with van der Waals surface area (Å²) in [5.74, 6) is -0.624. The van der Waals surface area contributed by atoms with Crippen molar-refractivity contribution in [3.05, 3.63) is 70.2 Å². The summed E-state index contributed by atoms with van der Waals surface area (Å²) in [6.07, 6.45) is 0. The summed E-state index contributed by atoms with van der Waals surface area (Å²) < 4.78 is 4.78. The first-order valence-electron chi connectivity index (χ1n) is 8.83. The maximum atomic E-state index is 12.0. The van der Waals surface area contributed by atoms with Crippen LogP contribution in [-0.2, 0) is 30.7 Å². The van der Waals surface area contributed by atoms with E-state index in [1.165, 1.54) is 21.3 Å². The largest absolute Gasteiger partial charge is 0.464 e. The third-order valence-corrected chi connectivity index (χ3v) is 4.15. The highest BCUT2D eigenvalue weighted by atomic mass is 35.5. The second kappa shape index (κ2) is 11.6. The highest BCUT2D eigenvalue weighted by Crippen LogP contribution is 2.15. The molecule has 0 saturated carbocycles. The Morgan fingerprint density at radius 2 is 1.53 bits per heavy atom. The quantitative estimate of drug-likeness (QED) is 0.342. The second-order valence-corrected chi connectivity index (χ2v) is 6.29. The van der Waals surface area contributed by atoms with Crippen LogP contribution in [0.15, 0.2) is 64.0 Å². The van der Waals surface area contributed by atoms with Gasteiger partial charge in [-0.15, -0.1) is 0 Å². The van der Waals surface area contributed by atoms with E-state index in [0.717, 1.165) is 5.56 Å². The third kappa shape index (κ3) is 6.05. The van der Waals surface area contributed by atoms with E-state index in [1.807, 2.05) is 6.07 Å². The Morgan fingerprint density at radius 1 is 0.900 bits per heavy atom. The fourth-order valence-corrected chi connectivity index (χ4v) is 2.66. The van der Waals surface area contributed by atoms with Crippen molar-refractivity contribution in [1.29, 1.82) is 0 Å². The number of rotatable bonds is 9. The summed E-state index contributed by atoms with van der Waals surface area (Å²) in [5, 5.41) is 12.5. The zero-order valence-electron chi connectivity index (χ0n) is 17.1. The Balaban J connectivity index is 2.23. The van der Waals surface area contributed by atoms with Crippen LogP contribution in [0.4, 0.5) is 0 Å². The number of ether oxygens (including phenoxy) is 1. The van der Waals surface area contributed by atoms with Crippen molar-refractivity contribution in [2.24, 2.45) is 15.5 Å². The molecule has 0 aliphatic heterocycles. The molecule has 0 atom stereocenters. The van der Waals surface area contributed by atoms with Crippen molar-refractivity contribution in [2.75, 3.05) is 21.3 Å². The molecule has 0 aromatic heterocycles. The Morgan fingerprint density at radius 3 is 2.17 bits per heavy atom. The van der Waals surface area contributed by atoms with Crippen LogP contribution in [0.25, 0.3) is 0 Å². The Hall–Kier alpha value is -3.39. The lowest BCUT2D eigenvalue weighted by atomic mass is 10.0. The number of esters is 1. The molecule has 0 aliphatic rings. The van der Waals surface area contributed by atoms with Crippen LogP contribution in [0.2, 0.25) is 5.02 Å². The average molecular weight is 432 g/mol. The summed E-state index contributed by atoms with van der Waals surface area (Å²) in [6, 6.07) is 14.2. The highest BCUT2D eigenvalue weighted by Gasteiger charge is 2.19. The Kier molecular flexibility index (Phi) is 8.83. The predicted molar refractivity (Wildman–Crippen MR) is 115 cm³/mol. The van der Waals surface area contributed by atoms with E-state index in [-0.39, 0.29) is 12.3 Å². The molecule has 0 unspecified atom stereocenters. The molecule has 0 N–H and O–H groups in total. The smallest absolute Gasteiger partial charge is 0.360 e. The van der Waals surface area contributed by atoms with Gasteiger partial charge in [-0.05, 0) is 19.1 Å². The zero-order valence-corrected chi connectivity index (χ0v) is 17.8. The van der Waals surface area contributed by atoms with Crippen molar-refractivity contribution >= 4 is 34.7 Å². The first-order valence-corrected chi connectivity index (χ1v) is 9.21. The number of carbonyl (C=O) groups excluding carboxylic acids is 1. The molecule has 0 bridgehead atoms. The minimum Gasteiger partial charge on any atom is -0.464 e. The van der Waals surface area contributed by atoms with Gasteiger partial charge in [-0.2, -0.15) is 0 Å². The number of methoxy groups -OCH3 is 1. The zero-order chi connectivity index (χ0) is 21.9. The molecule has 2 rings (SSSR count). The van der Waals surface area contributed by atoms with Crippen LogP contribution in [0, 0.1) is 0 Å².